The number of ether oxygens (including phenoxy) is 2. The number of para-hydroxylation sites is 1. The smallest absolute Gasteiger partial charge is 0.255 e. The van der Waals surface area contributed by atoms with Crippen LogP contribution in [0.5, 0.6) is 11.5 Å². The number of nitrogens with one attached hydrogen (secondary N) is 2. The summed E-state index contributed by atoms with van der Waals surface area (Å²) in [6.07, 6.45) is 0. The summed E-state index contributed by atoms with van der Waals surface area (Å²) >= 11 is 0. The van der Waals surface area contributed by atoms with Crippen molar-refractivity contribution in [3.8, 4) is 11.5 Å². The number of hydrogen-bond acceptors (Lipinski definition) is 6. The highest BCUT2D eigenvalue weighted by Gasteiger charge is 2.17. The van der Waals surface area contributed by atoms with Crippen LogP contribution in [0.15, 0.2) is 66.7 Å². The number of amides is 2. The highest BCUT2D eigenvalue weighted by Crippen LogP contribution is 2.36. The zero-order valence-corrected chi connectivity index (χ0v) is 17.5. The van der Waals surface area contributed by atoms with Gasteiger partial charge in [-0.15, -0.1) is 5.10 Å². The molecule has 32 heavy (non-hydrogen) atoms. The number of methoxy groups -OCH3 is 2. The molecule has 0 spiro atoms. The number of carbonyl (C=O) groups is 2. The number of anilines is 2. The average molecular weight is 431 g/mol. The number of fused-ring (bicyclic) bond motifs is 1. The van der Waals surface area contributed by atoms with E-state index in [2.05, 4.69) is 20.9 Å². The molecule has 0 saturated heterocycles. The van der Waals surface area contributed by atoms with Gasteiger partial charge >= 0.3 is 0 Å². The molecule has 0 saturated carbocycles. The summed E-state index contributed by atoms with van der Waals surface area (Å²) in [7, 11) is 2.96. The first-order valence-electron chi connectivity index (χ1n) is 9.79. The first kappa shape index (κ1) is 20.9. The predicted molar refractivity (Wildman–Crippen MR) is 120 cm³/mol. The van der Waals surface area contributed by atoms with E-state index in [1.54, 1.807) is 36.4 Å². The maximum absolute atomic E-state index is 12.7. The lowest BCUT2D eigenvalue weighted by Gasteiger charge is -2.16. The van der Waals surface area contributed by atoms with Gasteiger partial charge in [0, 0.05) is 17.7 Å². The first-order chi connectivity index (χ1) is 15.6. The van der Waals surface area contributed by atoms with Crippen LogP contribution in [-0.4, -0.2) is 41.0 Å². The summed E-state index contributed by atoms with van der Waals surface area (Å²) in [5.41, 5.74) is 2.78. The fourth-order valence-corrected chi connectivity index (χ4v) is 3.24. The molecule has 0 aliphatic rings. The molecule has 9 heteroatoms. The van der Waals surface area contributed by atoms with Gasteiger partial charge in [-0.3, -0.25) is 9.59 Å². The lowest BCUT2D eigenvalue weighted by atomic mass is 10.2. The second-order valence-electron chi connectivity index (χ2n) is 6.86. The van der Waals surface area contributed by atoms with Gasteiger partial charge in [0.25, 0.3) is 5.91 Å². The Bertz CT molecular complexity index is 1270. The van der Waals surface area contributed by atoms with E-state index >= 15 is 0 Å². The summed E-state index contributed by atoms with van der Waals surface area (Å²) in [5.74, 6) is 0.130. The van der Waals surface area contributed by atoms with Crippen LogP contribution in [0.1, 0.15) is 10.4 Å². The van der Waals surface area contributed by atoms with Crippen LogP contribution in [0.3, 0.4) is 0 Å². The fraction of sp³-hybridized carbons (Fsp3) is 0.130. The number of rotatable bonds is 7. The van der Waals surface area contributed by atoms with Gasteiger partial charge in [0.2, 0.25) is 5.91 Å². The largest absolute Gasteiger partial charge is 0.494 e. The third-order valence-electron chi connectivity index (χ3n) is 4.79. The van der Waals surface area contributed by atoms with Crippen LogP contribution in [-0.2, 0) is 11.3 Å². The maximum Gasteiger partial charge on any atom is 0.255 e. The van der Waals surface area contributed by atoms with Gasteiger partial charge in [0.15, 0.2) is 0 Å². The van der Waals surface area contributed by atoms with E-state index in [0.29, 0.717) is 34.0 Å². The predicted octanol–water partition coefficient (Wildman–Crippen LogP) is 3.34. The van der Waals surface area contributed by atoms with E-state index in [1.807, 2.05) is 30.3 Å². The molecule has 162 valence electrons. The molecule has 0 radical (unpaired) electrons. The van der Waals surface area contributed by atoms with Crippen molar-refractivity contribution < 1.29 is 19.1 Å². The van der Waals surface area contributed by atoms with Gasteiger partial charge in [-0.1, -0.05) is 35.5 Å². The summed E-state index contributed by atoms with van der Waals surface area (Å²) in [6, 6.07) is 19.4. The first-order valence-corrected chi connectivity index (χ1v) is 9.79. The number of nitrogens with zero attached hydrogens (tertiary/aromatic N) is 3. The van der Waals surface area contributed by atoms with Crippen LogP contribution >= 0.6 is 0 Å². The lowest BCUT2D eigenvalue weighted by Crippen LogP contribution is -2.20. The van der Waals surface area contributed by atoms with E-state index in [-0.39, 0.29) is 18.4 Å². The highest BCUT2D eigenvalue weighted by molar-refractivity contribution is 6.05. The molecular formula is C23H21N5O4. The van der Waals surface area contributed by atoms with Gasteiger partial charge in [-0.05, 0) is 24.3 Å². The van der Waals surface area contributed by atoms with E-state index in [9.17, 15) is 9.59 Å². The number of carbonyl (C=O) groups excluding carboxylic acids is 2. The van der Waals surface area contributed by atoms with Gasteiger partial charge in [-0.25, -0.2) is 4.68 Å². The van der Waals surface area contributed by atoms with Crippen LogP contribution < -0.4 is 20.1 Å². The molecular weight excluding hydrogens is 410 g/mol. The Morgan fingerprint density at radius 1 is 0.875 bits per heavy atom. The van der Waals surface area contributed by atoms with E-state index in [0.717, 1.165) is 5.52 Å². The number of aromatic nitrogens is 3. The molecule has 2 N–H and O–H groups in total. The number of hydrogen-bond donors (Lipinski definition) is 2. The summed E-state index contributed by atoms with van der Waals surface area (Å²) in [5, 5.41) is 13.7. The van der Waals surface area contributed by atoms with Crippen molar-refractivity contribution in [3.63, 3.8) is 0 Å². The average Bonchev–Trinajstić information content (AvgIpc) is 3.22. The van der Waals surface area contributed by atoms with Crippen molar-refractivity contribution >= 4 is 34.2 Å². The second kappa shape index (κ2) is 9.17. The van der Waals surface area contributed by atoms with Crippen molar-refractivity contribution in [3.05, 3.63) is 72.3 Å². The second-order valence-corrected chi connectivity index (χ2v) is 6.86. The normalized spacial score (nSPS) is 10.6. The molecule has 2 amide bonds. The zero-order valence-electron chi connectivity index (χ0n) is 17.5. The Labute approximate surface area is 183 Å². The summed E-state index contributed by atoms with van der Waals surface area (Å²) < 4.78 is 12.4. The molecule has 4 aromatic rings. The minimum absolute atomic E-state index is 0.0293. The van der Waals surface area contributed by atoms with Crippen molar-refractivity contribution in [1.82, 2.24) is 15.0 Å². The molecule has 0 aliphatic heterocycles. The Kier molecular flexibility index (Phi) is 5.98. The molecule has 0 fully saturated rings. The molecule has 0 atom stereocenters. The SMILES string of the molecule is COc1cc(NC(=O)c2ccccc2)c(OC)cc1NC(=O)Cn1nnc2ccccc21. The molecule has 1 aromatic heterocycles. The van der Waals surface area contributed by atoms with Crippen LogP contribution in [0.2, 0.25) is 0 Å². The Balaban J connectivity index is 1.54. The monoisotopic (exact) mass is 431 g/mol. The fourth-order valence-electron chi connectivity index (χ4n) is 3.24. The van der Waals surface area contributed by atoms with Crippen molar-refractivity contribution in [2.75, 3.05) is 24.9 Å². The lowest BCUT2D eigenvalue weighted by molar-refractivity contribution is -0.116. The van der Waals surface area contributed by atoms with Gasteiger partial charge < -0.3 is 20.1 Å². The van der Waals surface area contributed by atoms with E-state index in [4.69, 9.17) is 9.47 Å². The summed E-state index contributed by atoms with van der Waals surface area (Å²) in [6.45, 7) is -0.0293. The maximum atomic E-state index is 12.7. The zero-order chi connectivity index (χ0) is 22.5. The summed E-state index contributed by atoms with van der Waals surface area (Å²) in [4.78, 5) is 25.2. The van der Waals surface area contributed by atoms with Gasteiger partial charge in [-0.2, -0.15) is 0 Å². The minimum Gasteiger partial charge on any atom is -0.494 e. The van der Waals surface area contributed by atoms with E-state index < -0.39 is 0 Å². The van der Waals surface area contributed by atoms with Crippen molar-refractivity contribution in [2.24, 2.45) is 0 Å². The quantitative estimate of drug-likeness (QED) is 0.465. The molecule has 0 aliphatic carbocycles. The molecule has 9 nitrogen and oxygen atoms in total. The molecule has 0 bridgehead atoms. The van der Waals surface area contributed by atoms with Crippen LogP contribution in [0.4, 0.5) is 11.4 Å². The molecule has 3 aromatic carbocycles. The number of benzene rings is 3. The van der Waals surface area contributed by atoms with E-state index in [1.165, 1.54) is 18.9 Å². The Hall–Kier alpha value is -4.40. The van der Waals surface area contributed by atoms with Crippen LogP contribution in [0.25, 0.3) is 11.0 Å². The third kappa shape index (κ3) is 4.36. The highest BCUT2D eigenvalue weighted by atomic mass is 16.5. The van der Waals surface area contributed by atoms with Crippen molar-refractivity contribution in [2.45, 2.75) is 6.54 Å². The topological polar surface area (TPSA) is 107 Å². The van der Waals surface area contributed by atoms with Crippen molar-refractivity contribution in [1.29, 1.82) is 0 Å². The van der Waals surface area contributed by atoms with Gasteiger partial charge in [0.05, 0.1) is 31.1 Å². The minimum atomic E-state index is -0.318. The molecule has 1 heterocycles. The Morgan fingerprint density at radius 2 is 1.50 bits per heavy atom. The standard InChI is InChI=1S/C23H21N5O4/c1-31-20-13-18(25-23(30)15-8-4-3-5-9-15)21(32-2)12-17(20)24-22(29)14-28-19-11-7-6-10-16(19)26-27-28/h3-13H,14H2,1-2H3,(H,24,29)(H,25,30). The van der Waals surface area contributed by atoms with Gasteiger partial charge in [0.1, 0.15) is 23.6 Å². The van der Waals surface area contributed by atoms with Crippen LogP contribution in [0, 0.1) is 0 Å². The molecule has 0 unspecified atom stereocenters. The third-order valence-corrected chi connectivity index (χ3v) is 4.79. The molecule has 4 rings (SSSR count). The Morgan fingerprint density at radius 3 is 2.19 bits per heavy atom.